The molecule has 0 aliphatic rings. The van der Waals surface area contributed by atoms with Gasteiger partial charge < -0.3 is 10.1 Å². The van der Waals surface area contributed by atoms with Crippen molar-refractivity contribution >= 4 is 22.9 Å². The van der Waals surface area contributed by atoms with Crippen LogP contribution in [-0.2, 0) is 5.41 Å². The molecular formula is C15H19N3O2S. The van der Waals surface area contributed by atoms with Gasteiger partial charge in [0.1, 0.15) is 16.3 Å². The van der Waals surface area contributed by atoms with Crippen LogP contribution in [0.4, 0.5) is 5.69 Å². The fraction of sp³-hybridized carbons (Fsp3) is 0.400. The quantitative estimate of drug-likeness (QED) is 0.944. The van der Waals surface area contributed by atoms with Crippen LogP contribution in [0.1, 0.15) is 41.1 Å². The van der Waals surface area contributed by atoms with Crippen molar-refractivity contribution in [2.45, 2.75) is 33.1 Å². The van der Waals surface area contributed by atoms with E-state index in [0.717, 1.165) is 10.7 Å². The zero-order valence-corrected chi connectivity index (χ0v) is 13.7. The van der Waals surface area contributed by atoms with E-state index in [1.807, 2.05) is 6.92 Å². The van der Waals surface area contributed by atoms with Crippen molar-refractivity contribution in [3.8, 4) is 5.75 Å². The average Bonchev–Trinajstić information content (AvgIpc) is 2.81. The lowest BCUT2D eigenvalue weighted by atomic mass is 9.98. The first kappa shape index (κ1) is 15.4. The SMILES string of the molecule is COc1ccncc1NC(=O)c1sc(C(C)(C)C)nc1C. The molecular weight excluding hydrogens is 286 g/mol. The highest BCUT2D eigenvalue weighted by atomic mass is 32.1. The number of pyridine rings is 1. The maximum Gasteiger partial charge on any atom is 0.267 e. The number of aromatic nitrogens is 2. The Morgan fingerprint density at radius 3 is 2.67 bits per heavy atom. The zero-order valence-electron chi connectivity index (χ0n) is 12.9. The van der Waals surface area contributed by atoms with Crippen molar-refractivity contribution in [3.63, 3.8) is 0 Å². The largest absolute Gasteiger partial charge is 0.494 e. The van der Waals surface area contributed by atoms with E-state index in [0.29, 0.717) is 16.3 Å². The van der Waals surface area contributed by atoms with Crippen LogP contribution in [0.3, 0.4) is 0 Å². The third kappa shape index (κ3) is 3.39. The lowest BCUT2D eigenvalue weighted by Gasteiger charge is -2.13. The van der Waals surface area contributed by atoms with Gasteiger partial charge in [-0.25, -0.2) is 4.98 Å². The Morgan fingerprint density at radius 2 is 2.10 bits per heavy atom. The maximum absolute atomic E-state index is 12.4. The number of nitrogens with zero attached hydrogens (tertiary/aromatic N) is 2. The summed E-state index contributed by atoms with van der Waals surface area (Å²) >= 11 is 1.42. The topological polar surface area (TPSA) is 64.1 Å². The lowest BCUT2D eigenvalue weighted by molar-refractivity contribution is 0.102. The second kappa shape index (κ2) is 5.81. The summed E-state index contributed by atoms with van der Waals surface area (Å²) in [5, 5.41) is 3.77. The number of hydrogen-bond donors (Lipinski definition) is 1. The molecule has 0 spiro atoms. The van der Waals surface area contributed by atoms with Crippen molar-refractivity contribution in [2.75, 3.05) is 12.4 Å². The van der Waals surface area contributed by atoms with E-state index in [2.05, 4.69) is 36.1 Å². The number of nitrogens with one attached hydrogen (secondary N) is 1. The molecule has 0 fully saturated rings. The molecule has 2 rings (SSSR count). The number of rotatable bonds is 3. The molecule has 0 unspecified atom stereocenters. The van der Waals surface area contributed by atoms with E-state index in [-0.39, 0.29) is 11.3 Å². The first-order chi connectivity index (χ1) is 9.82. The van der Waals surface area contributed by atoms with Crippen LogP contribution >= 0.6 is 11.3 Å². The van der Waals surface area contributed by atoms with Gasteiger partial charge in [0, 0.05) is 17.7 Å². The van der Waals surface area contributed by atoms with E-state index < -0.39 is 0 Å². The van der Waals surface area contributed by atoms with Crippen LogP contribution in [0, 0.1) is 6.92 Å². The molecule has 2 aromatic heterocycles. The monoisotopic (exact) mass is 305 g/mol. The summed E-state index contributed by atoms with van der Waals surface area (Å²) in [6, 6.07) is 1.70. The van der Waals surface area contributed by atoms with Gasteiger partial charge in [-0.05, 0) is 6.92 Å². The van der Waals surface area contributed by atoms with Gasteiger partial charge in [-0.15, -0.1) is 11.3 Å². The number of hydrogen-bond acceptors (Lipinski definition) is 5. The Bertz CT molecular complexity index is 659. The minimum atomic E-state index is -0.188. The summed E-state index contributed by atoms with van der Waals surface area (Å²) in [4.78, 5) is 21.5. The molecule has 2 aromatic rings. The molecule has 1 N–H and O–H groups in total. The molecule has 0 aliphatic heterocycles. The highest BCUT2D eigenvalue weighted by Gasteiger charge is 2.23. The lowest BCUT2D eigenvalue weighted by Crippen LogP contribution is -2.12. The number of methoxy groups -OCH3 is 1. The van der Waals surface area contributed by atoms with Crippen LogP contribution in [0.2, 0.25) is 0 Å². The Kier molecular flexibility index (Phi) is 4.27. The van der Waals surface area contributed by atoms with Crippen LogP contribution in [-0.4, -0.2) is 23.0 Å². The molecule has 5 nitrogen and oxygen atoms in total. The van der Waals surface area contributed by atoms with Crippen molar-refractivity contribution in [3.05, 3.63) is 34.0 Å². The molecule has 0 aliphatic carbocycles. The summed E-state index contributed by atoms with van der Waals surface area (Å²) in [5.74, 6) is 0.392. The van der Waals surface area contributed by atoms with Gasteiger partial charge in [0.05, 0.1) is 24.0 Å². The molecule has 0 radical (unpaired) electrons. The molecule has 0 atom stereocenters. The molecule has 6 heteroatoms. The van der Waals surface area contributed by atoms with Crippen molar-refractivity contribution in [1.29, 1.82) is 0 Å². The van der Waals surface area contributed by atoms with Crippen LogP contribution in [0.15, 0.2) is 18.5 Å². The third-order valence-electron chi connectivity index (χ3n) is 2.89. The number of amides is 1. The molecule has 0 aromatic carbocycles. The van der Waals surface area contributed by atoms with Crippen molar-refractivity contribution in [2.24, 2.45) is 0 Å². The van der Waals surface area contributed by atoms with Gasteiger partial charge in [0.15, 0.2) is 0 Å². The van der Waals surface area contributed by atoms with Gasteiger partial charge in [-0.3, -0.25) is 9.78 Å². The third-order valence-corrected chi connectivity index (χ3v) is 4.48. The van der Waals surface area contributed by atoms with E-state index in [1.54, 1.807) is 25.6 Å². The van der Waals surface area contributed by atoms with E-state index in [4.69, 9.17) is 4.74 Å². The Balaban J connectivity index is 2.27. The van der Waals surface area contributed by atoms with Crippen molar-refractivity contribution in [1.82, 2.24) is 9.97 Å². The normalized spacial score (nSPS) is 11.3. The van der Waals surface area contributed by atoms with Crippen molar-refractivity contribution < 1.29 is 9.53 Å². The average molecular weight is 305 g/mol. The van der Waals surface area contributed by atoms with Gasteiger partial charge >= 0.3 is 0 Å². The van der Waals surface area contributed by atoms with E-state index in [9.17, 15) is 4.79 Å². The van der Waals surface area contributed by atoms with Crippen LogP contribution in [0.5, 0.6) is 5.75 Å². The summed E-state index contributed by atoms with van der Waals surface area (Å²) < 4.78 is 5.20. The van der Waals surface area contributed by atoms with E-state index in [1.165, 1.54) is 11.3 Å². The smallest absolute Gasteiger partial charge is 0.267 e. The predicted molar refractivity (Wildman–Crippen MR) is 84.3 cm³/mol. The van der Waals surface area contributed by atoms with E-state index >= 15 is 0 Å². The minimum absolute atomic E-state index is 0.0695. The molecule has 0 bridgehead atoms. The molecule has 1 amide bonds. The predicted octanol–water partition coefficient (Wildman–Crippen LogP) is 3.40. The zero-order chi connectivity index (χ0) is 15.6. The summed E-state index contributed by atoms with van der Waals surface area (Å²) in [7, 11) is 1.56. The number of aryl methyl sites for hydroxylation is 1. The molecule has 21 heavy (non-hydrogen) atoms. The Hall–Kier alpha value is -1.95. The van der Waals surface area contributed by atoms with Gasteiger partial charge in [-0.1, -0.05) is 20.8 Å². The number of carbonyl (C=O) groups excluding carboxylic acids is 1. The molecule has 0 saturated heterocycles. The minimum Gasteiger partial charge on any atom is -0.494 e. The maximum atomic E-state index is 12.4. The van der Waals surface area contributed by atoms with Gasteiger partial charge in [0.2, 0.25) is 0 Å². The fourth-order valence-corrected chi connectivity index (χ4v) is 2.78. The summed E-state index contributed by atoms with van der Waals surface area (Å²) in [6.07, 6.45) is 3.18. The molecule has 112 valence electrons. The number of carbonyl (C=O) groups is 1. The highest BCUT2D eigenvalue weighted by molar-refractivity contribution is 7.14. The number of anilines is 1. The molecule has 2 heterocycles. The highest BCUT2D eigenvalue weighted by Crippen LogP contribution is 2.30. The summed E-state index contributed by atoms with van der Waals surface area (Å²) in [5.41, 5.74) is 1.22. The molecule has 0 saturated carbocycles. The number of ether oxygens (including phenoxy) is 1. The summed E-state index contributed by atoms with van der Waals surface area (Å²) in [6.45, 7) is 8.09. The first-order valence-corrected chi connectivity index (χ1v) is 7.42. The second-order valence-electron chi connectivity index (χ2n) is 5.71. The van der Waals surface area contributed by atoms with Gasteiger partial charge in [-0.2, -0.15) is 0 Å². The second-order valence-corrected chi connectivity index (χ2v) is 6.71. The Morgan fingerprint density at radius 1 is 1.38 bits per heavy atom. The van der Waals surface area contributed by atoms with Crippen LogP contribution < -0.4 is 10.1 Å². The van der Waals surface area contributed by atoms with Crippen LogP contribution in [0.25, 0.3) is 0 Å². The first-order valence-electron chi connectivity index (χ1n) is 6.60. The standard InChI is InChI=1S/C15H19N3O2S/c1-9-12(21-14(17-9)15(2,3)4)13(19)18-10-8-16-7-6-11(10)20-5/h6-8H,1-5H3,(H,18,19). The Labute approximate surface area is 128 Å². The van der Waals surface area contributed by atoms with Gasteiger partial charge in [0.25, 0.3) is 5.91 Å². The number of thiazole rings is 1. The fourth-order valence-electron chi connectivity index (χ4n) is 1.76.